The molecule has 4 rings (SSSR count). The van der Waals surface area contributed by atoms with E-state index in [9.17, 15) is 14.4 Å². The number of fused-ring (bicyclic) bond motifs is 1. The van der Waals surface area contributed by atoms with Crippen LogP contribution in [0.1, 0.15) is 29.6 Å². The molecule has 1 aliphatic carbocycles. The van der Waals surface area contributed by atoms with Gasteiger partial charge in [-0.1, -0.05) is 42.5 Å². The highest BCUT2D eigenvalue weighted by Crippen LogP contribution is 2.39. The van der Waals surface area contributed by atoms with Gasteiger partial charge in [0.25, 0.3) is 0 Å². The number of esters is 1. The third-order valence-corrected chi connectivity index (χ3v) is 4.91. The first-order valence-electron chi connectivity index (χ1n) is 8.62. The first kappa shape index (κ1) is 17.9. The number of carbonyl (C=O) groups excluding carboxylic acids is 2. The third-order valence-electron chi connectivity index (χ3n) is 4.91. The fourth-order valence-electron chi connectivity index (χ4n) is 3.50. The molecular formula is C21H20O5. The first-order chi connectivity index (χ1) is 12.6. The number of benzene rings is 2. The Bertz CT molecular complexity index is 782. The molecular weight excluding hydrogens is 332 g/mol. The summed E-state index contributed by atoms with van der Waals surface area (Å²) in [6.45, 7) is 0. The maximum absolute atomic E-state index is 10.8. The zero-order valence-corrected chi connectivity index (χ0v) is 14.2. The van der Waals surface area contributed by atoms with Crippen molar-refractivity contribution in [1.29, 1.82) is 0 Å². The van der Waals surface area contributed by atoms with Crippen molar-refractivity contribution in [3.05, 3.63) is 60.2 Å². The summed E-state index contributed by atoms with van der Waals surface area (Å²) in [7, 11) is 0. The van der Waals surface area contributed by atoms with Crippen molar-refractivity contribution in [3.8, 4) is 11.1 Å². The van der Waals surface area contributed by atoms with E-state index in [4.69, 9.17) is 9.84 Å². The molecule has 5 heteroatoms. The molecule has 134 valence electrons. The Labute approximate surface area is 151 Å². The summed E-state index contributed by atoms with van der Waals surface area (Å²) in [5.74, 6) is -0.757. The minimum absolute atomic E-state index is 0.0534. The van der Waals surface area contributed by atoms with Gasteiger partial charge in [-0.25, -0.2) is 4.79 Å². The Morgan fingerprint density at radius 2 is 1.65 bits per heavy atom. The molecule has 0 radical (unpaired) electrons. The second kappa shape index (κ2) is 7.95. The molecule has 0 aromatic heterocycles. The first-order valence-corrected chi connectivity index (χ1v) is 8.62. The highest BCUT2D eigenvalue weighted by atomic mass is 16.6. The van der Waals surface area contributed by atoms with Crippen LogP contribution in [0.25, 0.3) is 11.1 Å². The highest BCUT2D eigenvalue weighted by molar-refractivity contribution is 5.88. The summed E-state index contributed by atoms with van der Waals surface area (Å²) >= 11 is 0. The quantitative estimate of drug-likeness (QED) is 0.674. The molecule has 26 heavy (non-hydrogen) atoms. The fraction of sp³-hybridized carbons (Fsp3) is 0.286. The number of carbonyl (C=O) groups is 3. The van der Waals surface area contributed by atoms with Gasteiger partial charge >= 0.3 is 11.9 Å². The van der Waals surface area contributed by atoms with Crippen molar-refractivity contribution in [2.45, 2.75) is 25.4 Å². The summed E-state index contributed by atoms with van der Waals surface area (Å²) in [4.78, 5) is 31.9. The van der Waals surface area contributed by atoms with Crippen molar-refractivity contribution >= 4 is 18.2 Å². The molecule has 0 bridgehead atoms. The number of carboxylic acid groups (broad SMARTS) is 1. The number of carboxylic acids is 1. The number of hydrogen-bond donors (Lipinski definition) is 1. The normalized spacial score (nSPS) is 23.4. The van der Waals surface area contributed by atoms with Gasteiger partial charge in [0.2, 0.25) is 0 Å². The Kier molecular flexibility index (Phi) is 5.46. The molecule has 2 fully saturated rings. The Morgan fingerprint density at radius 3 is 2.27 bits per heavy atom. The van der Waals surface area contributed by atoms with Gasteiger partial charge in [0, 0.05) is 11.8 Å². The molecule has 0 spiro atoms. The van der Waals surface area contributed by atoms with Crippen LogP contribution in [-0.2, 0) is 14.3 Å². The van der Waals surface area contributed by atoms with E-state index in [1.165, 1.54) is 0 Å². The van der Waals surface area contributed by atoms with Crippen LogP contribution in [0, 0.1) is 11.8 Å². The zero-order chi connectivity index (χ0) is 18.5. The van der Waals surface area contributed by atoms with Gasteiger partial charge in [-0.15, -0.1) is 0 Å². The fourth-order valence-corrected chi connectivity index (χ4v) is 3.50. The largest absolute Gasteiger partial charge is 0.478 e. The van der Waals surface area contributed by atoms with Crippen molar-refractivity contribution in [3.63, 3.8) is 0 Å². The van der Waals surface area contributed by atoms with E-state index >= 15 is 0 Å². The standard InChI is InChI=1S/C13H10O2.C8H10O3/c14-13(15)12-8-6-11(7-9-12)10-4-2-1-3-5-10;9-4-5-1-2-7-6(5)3-8(10)11-7/h1-9H,(H,14,15);4-7H,1-3H2/t;5?,6-,7+/m.1/s1. The van der Waals surface area contributed by atoms with Gasteiger partial charge in [0.05, 0.1) is 12.0 Å². The second-order valence-corrected chi connectivity index (χ2v) is 6.52. The second-order valence-electron chi connectivity index (χ2n) is 6.52. The van der Waals surface area contributed by atoms with Gasteiger partial charge in [-0.2, -0.15) is 0 Å². The van der Waals surface area contributed by atoms with Gasteiger partial charge < -0.3 is 14.6 Å². The molecule has 0 amide bonds. The minimum Gasteiger partial charge on any atom is -0.478 e. The topological polar surface area (TPSA) is 80.7 Å². The van der Waals surface area contributed by atoms with E-state index in [1.807, 2.05) is 42.5 Å². The van der Waals surface area contributed by atoms with Crippen LogP contribution in [0.2, 0.25) is 0 Å². The predicted octanol–water partition coefficient (Wildman–Crippen LogP) is 3.58. The number of ether oxygens (including phenoxy) is 1. The lowest BCUT2D eigenvalue weighted by atomic mass is 9.95. The number of hydrogen-bond acceptors (Lipinski definition) is 4. The van der Waals surface area contributed by atoms with Gasteiger partial charge in [0.1, 0.15) is 12.4 Å². The van der Waals surface area contributed by atoms with E-state index in [2.05, 4.69) is 0 Å². The monoisotopic (exact) mass is 352 g/mol. The molecule has 2 aromatic carbocycles. The Balaban J connectivity index is 0.000000158. The average molecular weight is 352 g/mol. The molecule has 2 aliphatic rings. The van der Waals surface area contributed by atoms with Crippen molar-refractivity contribution < 1.29 is 24.2 Å². The van der Waals surface area contributed by atoms with Gasteiger partial charge in [0.15, 0.2) is 0 Å². The maximum atomic E-state index is 10.8. The van der Waals surface area contributed by atoms with Crippen LogP contribution >= 0.6 is 0 Å². The van der Waals surface area contributed by atoms with Crippen molar-refractivity contribution in [1.82, 2.24) is 0 Å². The third kappa shape index (κ3) is 3.99. The smallest absolute Gasteiger partial charge is 0.335 e. The van der Waals surface area contributed by atoms with Gasteiger partial charge in [-0.3, -0.25) is 4.79 Å². The molecule has 5 nitrogen and oxygen atoms in total. The Hall–Kier alpha value is -2.95. The summed E-state index contributed by atoms with van der Waals surface area (Å²) in [6, 6.07) is 16.7. The Morgan fingerprint density at radius 1 is 1.00 bits per heavy atom. The molecule has 1 saturated carbocycles. The van der Waals surface area contributed by atoms with Crippen LogP contribution in [0.3, 0.4) is 0 Å². The zero-order valence-electron chi connectivity index (χ0n) is 14.2. The predicted molar refractivity (Wildman–Crippen MR) is 95.6 cm³/mol. The molecule has 1 N–H and O–H groups in total. The lowest BCUT2D eigenvalue weighted by molar-refractivity contribution is -0.141. The van der Waals surface area contributed by atoms with Gasteiger partial charge in [-0.05, 0) is 36.1 Å². The number of rotatable bonds is 3. The number of aromatic carboxylic acids is 1. The SMILES string of the molecule is O=C(O)c1ccc(-c2ccccc2)cc1.O=CC1CC[C@@H]2OC(=O)C[C@H]12. The summed E-state index contributed by atoms with van der Waals surface area (Å²) in [5.41, 5.74) is 2.43. The lowest BCUT2D eigenvalue weighted by Crippen LogP contribution is -2.14. The molecule has 1 saturated heterocycles. The maximum Gasteiger partial charge on any atom is 0.335 e. The highest BCUT2D eigenvalue weighted by Gasteiger charge is 2.44. The lowest BCUT2D eigenvalue weighted by Gasteiger charge is -2.07. The minimum atomic E-state index is -0.894. The summed E-state index contributed by atoms with van der Waals surface area (Å²) in [6.07, 6.45) is 3.24. The molecule has 1 heterocycles. The van der Waals surface area contributed by atoms with E-state index < -0.39 is 5.97 Å². The van der Waals surface area contributed by atoms with E-state index in [1.54, 1.807) is 12.1 Å². The molecule has 3 atom stereocenters. The van der Waals surface area contributed by atoms with E-state index in [0.29, 0.717) is 12.0 Å². The van der Waals surface area contributed by atoms with Crippen LogP contribution in [0.5, 0.6) is 0 Å². The number of aldehydes is 1. The van der Waals surface area contributed by atoms with Crippen LogP contribution in [0.4, 0.5) is 0 Å². The summed E-state index contributed by atoms with van der Waals surface area (Å²) < 4.78 is 5.02. The molecule has 2 aromatic rings. The van der Waals surface area contributed by atoms with Crippen molar-refractivity contribution in [2.24, 2.45) is 11.8 Å². The van der Waals surface area contributed by atoms with Crippen LogP contribution < -0.4 is 0 Å². The van der Waals surface area contributed by atoms with Crippen LogP contribution in [0.15, 0.2) is 54.6 Å². The van der Waals surface area contributed by atoms with E-state index in [-0.39, 0.29) is 23.9 Å². The summed E-state index contributed by atoms with van der Waals surface area (Å²) in [5, 5.41) is 8.75. The average Bonchev–Trinajstić information content (AvgIpc) is 3.22. The van der Waals surface area contributed by atoms with Crippen LogP contribution in [-0.4, -0.2) is 29.4 Å². The van der Waals surface area contributed by atoms with Crippen molar-refractivity contribution in [2.75, 3.05) is 0 Å². The molecule has 1 aliphatic heterocycles. The molecule has 1 unspecified atom stereocenters. The van der Waals surface area contributed by atoms with E-state index in [0.717, 1.165) is 30.3 Å².